The minimum absolute atomic E-state index is 0.214. The number of nitrogens with zero attached hydrogens (tertiary/aromatic N) is 4. The molecule has 0 saturated heterocycles. The van der Waals surface area contributed by atoms with Crippen LogP contribution in [0.4, 0.5) is 5.69 Å². The number of carbonyl (C=O) groups excluding carboxylic acids is 2. The highest BCUT2D eigenvalue weighted by Gasteiger charge is 2.23. The molecule has 4 rings (SSSR count). The van der Waals surface area contributed by atoms with Crippen LogP contribution < -0.4 is 10.6 Å². The molecule has 32 heavy (non-hydrogen) atoms. The summed E-state index contributed by atoms with van der Waals surface area (Å²) >= 11 is 0. The molecule has 2 heterocycles. The molecule has 162 valence electrons. The van der Waals surface area contributed by atoms with Crippen molar-refractivity contribution in [3.8, 4) is 0 Å². The van der Waals surface area contributed by atoms with Crippen LogP contribution in [-0.4, -0.2) is 31.4 Å². The molecular weight excluding hydrogens is 404 g/mol. The second-order valence-corrected chi connectivity index (χ2v) is 7.50. The van der Waals surface area contributed by atoms with Crippen LogP contribution in [0.25, 0.3) is 5.78 Å². The van der Waals surface area contributed by atoms with Crippen molar-refractivity contribution in [2.24, 2.45) is 0 Å². The van der Waals surface area contributed by atoms with E-state index in [1.54, 1.807) is 16.6 Å². The van der Waals surface area contributed by atoms with E-state index < -0.39 is 6.04 Å². The molecule has 0 aliphatic carbocycles. The number of benzene rings is 2. The Morgan fingerprint density at radius 1 is 1.00 bits per heavy atom. The second-order valence-electron chi connectivity index (χ2n) is 7.50. The molecule has 0 spiro atoms. The lowest BCUT2D eigenvalue weighted by molar-refractivity contribution is -0.126. The molecule has 2 amide bonds. The van der Waals surface area contributed by atoms with E-state index in [1.807, 2.05) is 62.4 Å². The Bertz CT molecular complexity index is 1240. The van der Waals surface area contributed by atoms with Gasteiger partial charge in [-0.1, -0.05) is 48.5 Å². The number of fused-ring (bicyclic) bond motifs is 1. The number of anilines is 1. The maximum atomic E-state index is 13.0. The highest BCUT2D eigenvalue weighted by atomic mass is 16.2. The first-order valence-electron chi connectivity index (χ1n) is 10.4. The lowest BCUT2D eigenvalue weighted by atomic mass is 10.0. The van der Waals surface area contributed by atoms with Gasteiger partial charge in [0, 0.05) is 23.5 Å². The number of para-hydroxylation sites is 1. The van der Waals surface area contributed by atoms with Crippen molar-refractivity contribution in [1.29, 1.82) is 0 Å². The number of hydrogen-bond acceptors (Lipinski definition) is 5. The van der Waals surface area contributed by atoms with Gasteiger partial charge in [0.1, 0.15) is 12.4 Å². The summed E-state index contributed by atoms with van der Waals surface area (Å²) in [7, 11) is 0. The van der Waals surface area contributed by atoms with Gasteiger partial charge in [-0.3, -0.25) is 9.59 Å². The average Bonchev–Trinajstić information content (AvgIpc) is 3.27. The zero-order valence-corrected chi connectivity index (χ0v) is 17.9. The first-order valence-corrected chi connectivity index (χ1v) is 10.4. The van der Waals surface area contributed by atoms with Crippen LogP contribution >= 0.6 is 0 Å². The van der Waals surface area contributed by atoms with Crippen LogP contribution in [0.3, 0.4) is 0 Å². The molecule has 0 radical (unpaired) electrons. The van der Waals surface area contributed by atoms with E-state index >= 15 is 0 Å². The van der Waals surface area contributed by atoms with Crippen molar-refractivity contribution in [2.45, 2.75) is 32.7 Å². The van der Waals surface area contributed by atoms with Gasteiger partial charge in [0.15, 0.2) is 0 Å². The number of nitrogens with one attached hydrogen (secondary N) is 2. The van der Waals surface area contributed by atoms with Crippen molar-refractivity contribution in [3.63, 3.8) is 0 Å². The molecule has 8 nitrogen and oxygen atoms in total. The summed E-state index contributed by atoms with van der Waals surface area (Å²) in [4.78, 5) is 34.4. The van der Waals surface area contributed by atoms with E-state index in [9.17, 15) is 9.59 Å². The van der Waals surface area contributed by atoms with Gasteiger partial charge in [-0.25, -0.2) is 9.50 Å². The fourth-order valence-electron chi connectivity index (χ4n) is 3.67. The number of rotatable bonds is 7. The summed E-state index contributed by atoms with van der Waals surface area (Å²) < 4.78 is 1.67. The quantitative estimate of drug-likeness (QED) is 0.471. The summed E-state index contributed by atoms with van der Waals surface area (Å²) in [5, 5.41) is 9.95. The highest BCUT2D eigenvalue weighted by molar-refractivity contribution is 5.97. The molecular formula is C24H24N6O2. The first kappa shape index (κ1) is 21.2. The molecule has 4 aromatic rings. The summed E-state index contributed by atoms with van der Waals surface area (Å²) in [6.07, 6.45) is 2.15. The van der Waals surface area contributed by atoms with Crippen molar-refractivity contribution < 1.29 is 9.59 Å². The summed E-state index contributed by atoms with van der Waals surface area (Å²) in [6.45, 7) is 3.83. The van der Waals surface area contributed by atoms with Crippen LogP contribution in [0.5, 0.6) is 0 Å². The number of aryl methyl sites for hydroxylation is 2. The van der Waals surface area contributed by atoms with Gasteiger partial charge in [-0.15, -0.1) is 0 Å². The standard InChI is InChI=1S/C24H24N6O2/c1-16-20(17(2)30-24(27-16)25-15-26-30)13-14-21(31)29-22(18-9-5-3-6-10-18)23(32)28-19-11-7-4-8-12-19/h3-12,15,22H,13-14H2,1-2H3,(H,28,32)(H,29,31). The van der Waals surface area contributed by atoms with Crippen LogP contribution in [0.1, 0.15) is 35.0 Å². The summed E-state index contributed by atoms with van der Waals surface area (Å²) in [5.74, 6) is 0.0169. The van der Waals surface area contributed by atoms with Gasteiger partial charge in [-0.05, 0) is 43.5 Å². The normalized spacial score (nSPS) is 11.8. The average molecular weight is 428 g/mol. The maximum absolute atomic E-state index is 13.0. The molecule has 2 aromatic carbocycles. The molecule has 0 bridgehead atoms. The van der Waals surface area contributed by atoms with Gasteiger partial charge in [0.2, 0.25) is 5.91 Å². The second kappa shape index (κ2) is 9.38. The van der Waals surface area contributed by atoms with Crippen molar-refractivity contribution >= 4 is 23.3 Å². The molecule has 8 heteroatoms. The predicted octanol–water partition coefficient (Wildman–Crippen LogP) is 3.17. The van der Waals surface area contributed by atoms with E-state index in [2.05, 4.69) is 25.7 Å². The van der Waals surface area contributed by atoms with Crippen molar-refractivity contribution in [1.82, 2.24) is 24.9 Å². The molecule has 0 fully saturated rings. The van der Waals surface area contributed by atoms with Crippen LogP contribution in [0.2, 0.25) is 0 Å². The van der Waals surface area contributed by atoms with Gasteiger partial charge in [-0.2, -0.15) is 10.1 Å². The Balaban J connectivity index is 1.48. The third kappa shape index (κ3) is 4.64. The minimum Gasteiger partial charge on any atom is -0.341 e. The Labute approximate surface area is 185 Å². The van der Waals surface area contributed by atoms with E-state index in [0.717, 1.165) is 17.0 Å². The summed E-state index contributed by atoms with van der Waals surface area (Å²) in [5.41, 5.74) is 4.05. The molecule has 0 aliphatic heterocycles. The predicted molar refractivity (Wildman–Crippen MR) is 121 cm³/mol. The largest absolute Gasteiger partial charge is 0.341 e. The number of hydrogen-bond donors (Lipinski definition) is 2. The van der Waals surface area contributed by atoms with E-state index in [0.29, 0.717) is 23.4 Å². The van der Waals surface area contributed by atoms with Crippen molar-refractivity contribution in [3.05, 3.63) is 89.5 Å². The lowest BCUT2D eigenvalue weighted by Crippen LogP contribution is -2.37. The minimum atomic E-state index is -0.804. The molecule has 0 saturated carbocycles. The van der Waals surface area contributed by atoms with E-state index in [1.165, 1.54) is 6.33 Å². The Morgan fingerprint density at radius 3 is 2.41 bits per heavy atom. The highest BCUT2D eigenvalue weighted by Crippen LogP contribution is 2.18. The fourth-order valence-corrected chi connectivity index (χ4v) is 3.67. The van der Waals surface area contributed by atoms with E-state index in [4.69, 9.17) is 0 Å². The maximum Gasteiger partial charge on any atom is 0.252 e. The topological polar surface area (TPSA) is 101 Å². The van der Waals surface area contributed by atoms with Crippen molar-refractivity contribution in [2.75, 3.05) is 5.32 Å². The van der Waals surface area contributed by atoms with Gasteiger partial charge < -0.3 is 10.6 Å². The molecule has 0 aliphatic rings. The molecule has 1 unspecified atom stereocenters. The fraction of sp³-hybridized carbons (Fsp3) is 0.208. The number of amides is 2. The monoisotopic (exact) mass is 428 g/mol. The first-order chi connectivity index (χ1) is 15.5. The third-order valence-corrected chi connectivity index (χ3v) is 5.33. The molecule has 1 atom stereocenters. The zero-order valence-electron chi connectivity index (χ0n) is 17.9. The van der Waals surface area contributed by atoms with Crippen LogP contribution in [0, 0.1) is 13.8 Å². The SMILES string of the molecule is Cc1nc2ncnn2c(C)c1CCC(=O)NC(C(=O)Nc1ccccc1)c1ccccc1. The summed E-state index contributed by atoms with van der Waals surface area (Å²) in [6, 6.07) is 17.6. The van der Waals surface area contributed by atoms with Crippen LogP contribution in [0.15, 0.2) is 67.0 Å². The third-order valence-electron chi connectivity index (χ3n) is 5.33. The smallest absolute Gasteiger partial charge is 0.252 e. The lowest BCUT2D eigenvalue weighted by Gasteiger charge is -2.19. The van der Waals surface area contributed by atoms with Gasteiger partial charge >= 0.3 is 0 Å². The Kier molecular flexibility index (Phi) is 6.21. The van der Waals surface area contributed by atoms with Crippen LogP contribution in [-0.2, 0) is 16.0 Å². The number of carbonyl (C=O) groups is 2. The van der Waals surface area contributed by atoms with Gasteiger partial charge in [0.25, 0.3) is 11.7 Å². The Morgan fingerprint density at radius 2 is 1.69 bits per heavy atom. The molecule has 2 N–H and O–H groups in total. The number of aromatic nitrogens is 4. The molecule has 2 aromatic heterocycles. The Hall–Kier alpha value is -4.07. The van der Waals surface area contributed by atoms with Gasteiger partial charge in [0.05, 0.1) is 0 Å². The van der Waals surface area contributed by atoms with E-state index in [-0.39, 0.29) is 18.2 Å². The zero-order chi connectivity index (χ0) is 22.5.